The van der Waals surface area contributed by atoms with E-state index in [2.05, 4.69) is 0 Å². The van der Waals surface area contributed by atoms with Gasteiger partial charge in [0, 0.05) is 0 Å². The number of hydrogen-bond donors (Lipinski definition) is 2. The van der Waals surface area contributed by atoms with Crippen LogP contribution in [0.4, 0.5) is 0 Å². The maximum Gasteiger partial charge on any atom is -0.00293 e. The van der Waals surface area contributed by atoms with Crippen molar-refractivity contribution in [2.45, 2.75) is 13.8 Å². The molecule has 0 atom stereocenters. The Kier molecular flexibility index (Phi) is 2.77. The Morgan fingerprint density at radius 1 is 1.00 bits per heavy atom. The van der Waals surface area contributed by atoms with Crippen LogP contribution in [0.2, 0.25) is 0 Å². The molecule has 0 spiro atoms. The lowest BCUT2D eigenvalue weighted by Crippen LogP contribution is -1.89. The summed E-state index contributed by atoms with van der Waals surface area (Å²) in [5.74, 6) is 0. The molecule has 8 heavy (non-hydrogen) atoms. The van der Waals surface area contributed by atoms with E-state index in [0.717, 1.165) is 11.1 Å². The van der Waals surface area contributed by atoms with E-state index >= 15 is 0 Å². The van der Waals surface area contributed by atoms with Gasteiger partial charge in [-0.3, -0.25) is 0 Å². The van der Waals surface area contributed by atoms with Crippen LogP contribution in [0.25, 0.3) is 0 Å². The highest BCUT2D eigenvalue weighted by Gasteiger charge is 1.86. The SMILES string of the molecule is CC(=C/N)/C(C)=C/N. The van der Waals surface area contributed by atoms with Gasteiger partial charge in [-0.1, -0.05) is 0 Å². The van der Waals surface area contributed by atoms with Crippen LogP contribution in [-0.4, -0.2) is 0 Å². The smallest absolute Gasteiger partial charge is 0.00293 e. The van der Waals surface area contributed by atoms with Crippen LogP contribution in [-0.2, 0) is 0 Å². The van der Waals surface area contributed by atoms with E-state index in [9.17, 15) is 0 Å². The molecule has 0 amide bonds. The normalized spacial score (nSPS) is 14.2. The summed E-state index contributed by atoms with van der Waals surface area (Å²) in [5, 5.41) is 0. The second-order valence-electron chi connectivity index (χ2n) is 1.70. The summed E-state index contributed by atoms with van der Waals surface area (Å²) < 4.78 is 0. The molecule has 0 aliphatic carbocycles. The Bertz CT molecular complexity index is 106. The first-order chi connectivity index (χ1) is 3.72. The zero-order valence-corrected chi connectivity index (χ0v) is 5.31. The summed E-state index contributed by atoms with van der Waals surface area (Å²) in [6, 6.07) is 0. The van der Waals surface area contributed by atoms with Gasteiger partial charge in [-0.15, -0.1) is 0 Å². The molecule has 0 radical (unpaired) electrons. The summed E-state index contributed by atoms with van der Waals surface area (Å²) >= 11 is 0. The molecule has 0 aromatic carbocycles. The molecule has 0 aliphatic rings. The van der Waals surface area contributed by atoms with Crippen molar-refractivity contribution in [3.63, 3.8) is 0 Å². The minimum atomic E-state index is 1.02. The molecule has 0 aliphatic heterocycles. The van der Waals surface area contributed by atoms with Gasteiger partial charge in [-0.25, -0.2) is 0 Å². The predicted octanol–water partition coefficient (Wildman–Crippen LogP) is 0.711. The molecule has 0 unspecified atom stereocenters. The number of hydrogen-bond acceptors (Lipinski definition) is 2. The highest BCUT2D eigenvalue weighted by atomic mass is 14.5. The van der Waals surface area contributed by atoms with E-state index in [4.69, 9.17) is 11.5 Å². The fourth-order valence-electron chi connectivity index (χ4n) is 0.263. The van der Waals surface area contributed by atoms with Gasteiger partial charge < -0.3 is 11.5 Å². The van der Waals surface area contributed by atoms with Crippen molar-refractivity contribution < 1.29 is 0 Å². The molecule has 0 fully saturated rings. The fourth-order valence-corrected chi connectivity index (χ4v) is 0.263. The van der Waals surface area contributed by atoms with Crippen molar-refractivity contribution in [2.75, 3.05) is 0 Å². The van der Waals surface area contributed by atoms with Crippen LogP contribution in [0.1, 0.15) is 13.8 Å². The highest BCUT2D eigenvalue weighted by molar-refractivity contribution is 5.24. The maximum absolute atomic E-state index is 5.19. The van der Waals surface area contributed by atoms with Crippen LogP contribution >= 0.6 is 0 Å². The molecule has 2 nitrogen and oxygen atoms in total. The van der Waals surface area contributed by atoms with Gasteiger partial charge in [0.1, 0.15) is 0 Å². The van der Waals surface area contributed by atoms with Crippen molar-refractivity contribution in [1.29, 1.82) is 0 Å². The van der Waals surface area contributed by atoms with Crippen molar-refractivity contribution in [3.8, 4) is 0 Å². The Morgan fingerprint density at radius 3 is 1.38 bits per heavy atom. The maximum atomic E-state index is 5.19. The summed E-state index contributed by atoms with van der Waals surface area (Å²) in [6.07, 6.45) is 3.08. The zero-order chi connectivity index (χ0) is 6.57. The first-order valence-electron chi connectivity index (χ1n) is 2.49. The molecular weight excluding hydrogens is 100 g/mol. The zero-order valence-electron chi connectivity index (χ0n) is 5.31. The van der Waals surface area contributed by atoms with Crippen molar-refractivity contribution >= 4 is 0 Å². The largest absolute Gasteiger partial charge is 0.404 e. The molecule has 0 bridgehead atoms. The molecule has 46 valence electrons. The Labute approximate surface area is 49.9 Å². The lowest BCUT2D eigenvalue weighted by Gasteiger charge is -1.94. The molecule has 4 N–H and O–H groups in total. The standard InChI is InChI=1S/C6H12N2/c1-5(3-7)6(2)4-8/h3-4H,7-8H2,1-2H3/b5-3-,6-4+. The Morgan fingerprint density at radius 2 is 1.25 bits per heavy atom. The summed E-state index contributed by atoms with van der Waals surface area (Å²) in [7, 11) is 0. The van der Waals surface area contributed by atoms with Crippen LogP contribution in [0.5, 0.6) is 0 Å². The lowest BCUT2D eigenvalue weighted by molar-refractivity contribution is 1.28. The minimum Gasteiger partial charge on any atom is -0.404 e. The van der Waals surface area contributed by atoms with E-state index in [-0.39, 0.29) is 0 Å². The first-order valence-corrected chi connectivity index (χ1v) is 2.49. The van der Waals surface area contributed by atoms with Crippen LogP contribution in [0.3, 0.4) is 0 Å². The van der Waals surface area contributed by atoms with Gasteiger partial charge in [0.05, 0.1) is 0 Å². The average Bonchev–Trinajstić information content (AvgIpc) is 1.84. The summed E-state index contributed by atoms with van der Waals surface area (Å²) in [5.41, 5.74) is 12.4. The first kappa shape index (κ1) is 7.08. The molecule has 2 heteroatoms. The quantitative estimate of drug-likeness (QED) is 0.491. The molecule has 0 saturated carbocycles. The van der Waals surface area contributed by atoms with Crippen LogP contribution < -0.4 is 11.5 Å². The fraction of sp³-hybridized carbons (Fsp3) is 0.333. The Balaban J connectivity index is 4.04. The third-order valence-electron chi connectivity index (χ3n) is 1.12. The van der Waals surface area contributed by atoms with E-state index < -0.39 is 0 Å². The minimum absolute atomic E-state index is 1.02. The Hall–Kier alpha value is -0.920. The van der Waals surface area contributed by atoms with Gasteiger partial charge in [-0.2, -0.15) is 0 Å². The van der Waals surface area contributed by atoms with E-state index in [1.807, 2.05) is 13.8 Å². The molecule has 0 aromatic rings. The van der Waals surface area contributed by atoms with E-state index in [0.29, 0.717) is 0 Å². The van der Waals surface area contributed by atoms with Crippen molar-refractivity contribution in [1.82, 2.24) is 0 Å². The third kappa shape index (κ3) is 1.69. The average molecular weight is 112 g/mol. The molecule has 0 aromatic heterocycles. The molecular formula is C6H12N2. The van der Waals surface area contributed by atoms with E-state index in [1.165, 1.54) is 0 Å². The summed E-state index contributed by atoms with van der Waals surface area (Å²) in [6.45, 7) is 3.83. The van der Waals surface area contributed by atoms with Gasteiger partial charge >= 0.3 is 0 Å². The second-order valence-corrected chi connectivity index (χ2v) is 1.70. The predicted molar refractivity (Wildman–Crippen MR) is 35.9 cm³/mol. The third-order valence-corrected chi connectivity index (χ3v) is 1.12. The van der Waals surface area contributed by atoms with Crippen molar-refractivity contribution in [3.05, 3.63) is 23.5 Å². The van der Waals surface area contributed by atoms with Gasteiger partial charge in [0.2, 0.25) is 0 Å². The monoisotopic (exact) mass is 112 g/mol. The number of rotatable bonds is 1. The van der Waals surface area contributed by atoms with Crippen LogP contribution in [0, 0.1) is 0 Å². The highest BCUT2D eigenvalue weighted by Crippen LogP contribution is 2.02. The topological polar surface area (TPSA) is 52.0 Å². The van der Waals surface area contributed by atoms with Crippen molar-refractivity contribution in [2.24, 2.45) is 11.5 Å². The number of nitrogens with two attached hydrogens (primary N) is 2. The van der Waals surface area contributed by atoms with E-state index in [1.54, 1.807) is 12.4 Å². The molecule has 0 saturated heterocycles. The molecule has 0 rings (SSSR count). The van der Waals surface area contributed by atoms with Gasteiger partial charge in [0.15, 0.2) is 0 Å². The molecule has 0 heterocycles. The van der Waals surface area contributed by atoms with Gasteiger partial charge in [0.25, 0.3) is 0 Å². The second kappa shape index (κ2) is 3.13. The van der Waals surface area contributed by atoms with Crippen LogP contribution in [0.15, 0.2) is 23.5 Å². The summed E-state index contributed by atoms with van der Waals surface area (Å²) in [4.78, 5) is 0. The lowest BCUT2D eigenvalue weighted by atomic mass is 10.2. The number of allylic oxidation sites excluding steroid dienone is 2. The van der Waals surface area contributed by atoms with Gasteiger partial charge in [-0.05, 0) is 37.4 Å².